The third kappa shape index (κ3) is 5.27. The summed E-state index contributed by atoms with van der Waals surface area (Å²) in [5.74, 6) is 0.0383. The van der Waals surface area contributed by atoms with Gasteiger partial charge in [-0.05, 0) is 43.3 Å². The van der Waals surface area contributed by atoms with Crippen molar-refractivity contribution in [2.75, 3.05) is 29.0 Å². The normalized spacial score (nSPS) is 11.1. The van der Waals surface area contributed by atoms with Crippen LogP contribution in [-0.2, 0) is 14.8 Å². The van der Waals surface area contributed by atoms with E-state index in [1.165, 1.54) is 0 Å². The van der Waals surface area contributed by atoms with E-state index in [0.29, 0.717) is 18.0 Å². The molecular weight excluding hydrogens is 399 g/mol. The zero-order valence-electron chi connectivity index (χ0n) is 14.2. The molecule has 2 rings (SSSR count). The summed E-state index contributed by atoms with van der Waals surface area (Å²) < 4.78 is 30.6. The molecule has 0 fully saturated rings. The summed E-state index contributed by atoms with van der Waals surface area (Å²) in [6.45, 7) is 1.92. The molecule has 6 nitrogen and oxygen atoms in total. The number of amides is 1. The van der Waals surface area contributed by atoms with Crippen LogP contribution in [0.3, 0.4) is 0 Å². The van der Waals surface area contributed by atoms with Crippen molar-refractivity contribution in [1.82, 2.24) is 0 Å². The van der Waals surface area contributed by atoms with Gasteiger partial charge in [0.15, 0.2) is 0 Å². The van der Waals surface area contributed by atoms with Crippen molar-refractivity contribution in [3.8, 4) is 5.75 Å². The third-order valence-corrected chi connectivity index (χ3v) is 5.12. The molecule has 1 amide bonds. The number of anilines is 2. The lowest BCUT2D eigenvalue weighted by atomic mass is 10.3. The summed E-state index contributed by atoms with van der Waals surface area (Å²) in [6, 6.07) is 11.2. The second-order valence-electron chi connectivity index (χ2n) is 5.34. The zero-order valence-corrected chi connectivity index (χ0v) is 16.5. The maximum atomic E-state index is 12.4. The molecule has 0 heterocycles. The highest BCUT2D eigenvalue weighted by molar-refractivity contribution is 7.92. The fourth-order valence-corrected chi connectivity index (χ4v) is 3.55. The molecule has 0 bridgehead atoms. The number of para-hydroxylation sites is 1. The predicted molar refractivity (Wildman–Crippen MR) is 105 cm³/mol. The van der Waals surface area contributed by atoms with E-state index in [0.717, 1.165) is 10.6 Å². The number of ether oxygens (including phenoxy) is 1. The maximum Gasteiger partial charge on any atom is 0.245 e. The first-order valence-electron chi connectivity index (χ1n) is 7.66. The van der Waals surface area contributed by atoms with Crippen LogP contribution in [0.1, 0.15) is 6.92 Å². The molecule has 2 aromatic rings. The molecule has 0 atom stereocenters. The molecule has 0 radical (unpaired) electrons. The van der Waals surface area contributed by atoms with Crippen LogP contribution in [0.5, 0.6) is 5.75 Å². The second kappa shape index (κ2) is 8.62. The van der Waals surface area contributed by atoms with Crippen molar-refractivity contribution >= 4 is 50.5 Å². The summed E-state index contributed by atoms with van der Waals surface area (Å²) in [6.07, 6.45) is 1.03. The molecular formula is C17H18Cl2N2O4S. The maximum absolute atomic E-state index is 12.4. The average Bonchev–Trinajstić information content (AvgIpc) is 2.56. The van der Waals surface area contributed by atoms with Crippen LogP contribution in [0.2, 0.25) is 10.0 Å². The van der Waals surface area contributed by atoms with Crippen LogP contribution >= 0.6 is 23.2 Å². The largest absolute Gasteiger partial charge is 0.494 e. The Bertz CT molecular complexity index is 866. The first-order chi connectivity index (χ1) is 12.2. The molecule has 26 heavy (non-hydrogen) atoms. The Morgan fingerprint density at radius 2 is 1.69 bits per heavy atom. The van der Waals surface area contributed by atoms with Crippen LogP contribution in [0, 0.1) is 0 Å². The lowest BCUT2D eigenvalue weighted by Gasteiger charge is -2.22. The Morgan fingerprint density at radius 3 is 2.19 bits per heavy atom. The number of carbonyl (C=O) groups is 1. The number of sulfonamides is 1. The molecule has 0 aliphatic carbocycles. The number of nitrogens with one attached hydrogen (secondary N) is 1. The number of hydrogen-bond donors (Lipinski definition) is 1. The van der Waals surface area contributed by atoms with Crippen molar-refractivity contribution in [1.29, 1.82) is 0 Å². The van der Waals surface area contributed by atoms with Gasteiger partial charge in [-0.2, -0.15) is 0 Å². The van der Waals surface area contributed by atoms with E-state index >= 15 is 0 Å². The van der Waals surface area contributed by atoms with Gasteiger partial charge in [-0.1, -0.05) is 29.3 Å². The highest BCUT2D eigenvalue weighted by atomic mass is 35.5. The van der Waals surface area contributed by atoms with E-state index in [4.69, 9.17) is 27.9 Å². The highest BCUT2D eigenvalue weighted by Gasteiger charge is 2.22. The van der Waals surface area contributed by atoms with E-state index < -0.39 is 22.5 Å². The van der Waals surface area contributed by atoms with Gasteiger partial charge >= 0.3 is 0 Å². The minimum atomic E-state index is -3.68. The number of carbonyl (C=O) groups excluding carboxylic acids is 1. The molecule has 140 valence electrons. The summed E-state index contributed by atoms with van der Waals surface area (Å²) in [7, 11) is -3.68. The Kier molecular flexibility index (Phi) is 6.75. The first-order valence-corrected chi connectivity index (χ1v) is 10.3. The van der Waals surface area contributed by atoms with Crippen LogP contribution in [-0.4, -0.2) is 33.7 Å². The van der Waals surface area contributed by atoms with Crippen LogP contribution in [0.15, 0.2) is 42.5 Å². The number of benzene rings is 2. The lowest BCUT2D eigenvalue weighted by Crippen LogP contribution is -2.37. The van der Waals surface area contributed by atoms with E-state index in [2.05, 4.69) is 5.32 Å². The van der Waals surface area contributed by atoms with E-state index in [1.54, 1.807) is 42.5 Å². The fourth-order valence-electron chi connectivity index (χ4n) is 2.20. The number of nitrogens with zero attached hydrogens (tertiary/aromatic N) is 1. The van der Waals surface area contributed by atoms with Crippen molar-refractivity contribution < 1.29 is 17.9 Å². The molecule has 0 aliphatic rings. The van der Waals surface area contributed by atoms with Crippen molar-refractivity contribution in [3.05, 3.63) is 52.5 Å². The van der Waals surface area contributed by atoms with Crippen molar-refractivity contribution in [3.63, 3.8) is 0 Å². The van der Waals surface area contributed by atoms with Gasteiger partial charge in [0.2, 0.25) is 15.9 Å². The number of hydrogen-bond acceptors (Lipinski definition) is 4. The predicted octanol–water partition coefficient (Wildman–Crippen LogP) is 3.80. The number of halogens is 2. The van der Waals surface area contributed by atoms with E-state index in [1.807, 2.05) is 6.92 Å². The smallest absolute Gasteiger partial charge is 0.245 e. The van der Waals surface area contributed by atoms with Gasteiger partial charge in [-0.25, -0.2) is 8.42 Å². The van der Waals surface area contributed by atoms with Gasteiger partial charge in [0.25, 0.3) is 0 Å². The molecule has 0 aliphatic heterocycles. The molecule has 1 N–H and O–H groups in total. The van der Waals surface area contributed by atoms with E-state index in [9.17, 15) is 13.2 Å². The second-order valence-corrected chi connectivity index (χ2v) is 8.06. The minimum Gasteiger partial charge on any atom is -0.494 e. The SMILES string of the molecule is CCOc1ccc(N(CC(=O)Nc2c(Cl)cccc2Cl)S(C)(=O)=O)cc1. The Hall–Kier alpha value is -1.96. The standard InChI is InChI=1S/C17H18Cl2N2O4S/c1-3-25-13-9-7-12(8-10-13)21(26(2,23)24)11-16(22)20-17-14(18)5-4-6-15(17)19/h4-10H,3,11H2,1-2H3,(H,20,22). The van der Waals surface area contributed by atoms with Gasteiger partial charge in [-0.3, -0.25) is 9.10 Å². The molecule has 0 aromatic heterocycles. The van der Waals surface area contributed by atoms with E-state index in [-0.39, 0.29) is 15.7 Å². The molecule has 0 saturated carbocycles. The topological polar surface area (TPSA) is 75.7 Å². The molecule has 0 spiro atoms. The Balaban J connectivity index is 2.22. The van der Waals surface area contributed by atoms with Gasteiger partial charge in [0.1, 0.15) is 12.3 Å². The first kappa shape index (κ1) is 20.4. The molecule has 0 unspecified atom stereocenters. The quantitative estimate of drug-likeness (QED) is 0.744. The van der Waals surface area contributed by atoms with Gasteiger partial charge in [0.05, 0.1) is 34.3 Å². The van der Waals surface area contributed by atoms with Gasteiger partial charge in [-0.15, -0.1) is 0 Å². The minimum absolute atomic E-state index is 0.237. The molecule has 2 aromatic carbocycles. The summed E-state index contributed by atoms with van der Waals surface area (Å²) >= 11 is 12.0. The third-order valence-electron chi connectivity index (χ3n) is 3.35. The molecule has 9 heteroatoms. The summed E-state index contributed by atoms with van der Waals surface area (Å²) in [5.41, 5.74) is 0.581. The van der Waals surface area contributed by atoms with Crippen LogP contribution in [0.25, 0.3) is 0 Å². The summed E-state index contributed by atoms with van der Waals surface area (Å²) in [4.78, 5) is 12.4. The van der Waals surface area contributed by atoms with Crippen LogP contribution < -0.4 is 14.4 Å². The average molecular weight is 417 g/mol. The number of rotatable bonds is 7. The lowest BCUT2D eigenvalue weighted by molar-refractivity contribution is -0.114. The highest BCUT2D eigenvalue weighted by Crippen LogP contribution is 2.30. The van der Waals surface area contributed by atoms with Crippen molar-refractivity contribution in [2.45, 2.75) is 6.92 Å². The van der Waals surface area contributed by atoms with Crippen LogP contribution in [0.4, 0.5) is 11.4 Å². The summed E-state index contributed by atoms with van der Waals surface area (Å²) in [5, 5.41) is 3.07. The van der Waals surface area contributed by atoms with Gasteiger partial charge in [0, 0.05) is 0 Å². The fraction of sp³-hybridized carbons (Fsp3) is 0.235. The monoisotopic (exact) mass is 416 g/mol. The van der Waals surface area contributed by atoms with Gasteiger partial charge < -0.3 is 10.1 Å². The Labute approximate surface area is 162 Å². The Morgan fingerprint density at radius 1 is 1.12 bits per heavy atom. The van der Waals surface area contributed by atoms with Crippen molar-refractivity contribution in [2.24, 2.45) is 0 Å². The molecule has 0 saturated heterocycles. The zero-order chi connectivity index (χ0) is 19.3.